The highest BCUT2D eigenvalue weighted by atomic mass is 19.1. The van der Waals surface area contributed by atoms with Crippen molar-refractivity contribution < 1.29 is 9.50 Å². The van der Waals surface area contributed by atoms with E-state index in [2.05, 4.69) is 19.9 Å². The molecule has 1 aromatic carbocycles. The molecule has 2 aliphatic carbocycles. The van der Waals surface area contributed by atoms with Crippen LogP contribution >= 0.6 is 0 Å². The van der Waals surface area contributed by atoms with Gasteiger partial charge in [-0.15, -0.1) is 0 Å². The van der Waals surface area contributed by atoms with Crippen LogP contribution in [0.15, 0.2) is 28.2 Å². The van der Waals surface area contributed by atoms with Crippen LogP contribution in [0.3, 0.4) is 0 Å². The van der Waals surface area contributed by atoms with Crippen molar-refractivity contribution in [1.82, 2.24) is 0 Å². The van der Waals surface area contributed by atoms with E-state index in [4.69, 9.17) is 15.7 Å². The predicted molar refractivity (Wildman–Crippen MR) is 111 cm³/mol. The average Bonchev–Trinajstić information content (AvgIpc) is 3.07. The third kappa shape index (κ3) is 2.98. The Morgan fingerprint density at radius 3 is 2.52 bits per heavy atom. The van der Waals surface area contributed by atoms with Gasteiger partial charge in [-0.1, -0.05) is 19.9 Å². The van der Waals surface area contributed by atoms with E-state index < -0.39 is 11.3 Å². The van der Waals surface area contributed by atoms with Crippen LogP contribution in [0, 0.1) is 28.6 Å². The Morgan fingerprint density at radius 2 is 1.93 bits per heavy atom. The van der Waals surface area contributed by atoms with Crippen LogP contribution < -0.4 is 5.73 Å². The van der Waals surface area contributed by atoms with Crippen molar-refractivity contribution in [3.63, 3.8) is 0 Å². The molecule has 1 saturated carbocycles. The third-order valence-corrected chi connectivity index (χ3v) is 6.94. The van der Waals surface area contributed by atoms with Crippen molar-refractivity contribution in [2.45, 2.75) is 70.8 Å². The molecule has 3 aliphatic rings. The first-order valence-electron chi connectivity index (χ1n) is 10.4. The number of fused-ring (bicyclic) bond motifs is 3. The predicted octanol–water partition coefficient (Wildman–Crippen LogP) is 3.63. The van der Waals surface area contributed by atoms with Gasteiger partial charge in [0.1, 0.15) is 11.5 Å². The van der Waals surface area contributed by atoms with Crippen LogP contribution in [0.25, 0.3) is 0 Å². The number of nitrogens with zero attached hydrogens (tertiary/aromatic N) is 3. The van der Waals surface area contributed by atoms with Gasteiger partial charge in [-0.05, 0) is 62.6 Å². The Hall–Kier alpha value is -2.26. The molecule has 6 heteroatoms. The van der Waals surface area contributed by atoms with E-state index in [9.17, 15) is 14.8 Å². The molecule has 3 N–H and O–H groups in total. The zero-order valence-corrected chi connectivity index (χ0v) is 17.5. The van der Waals surface area contributed by atoms with Crippen LogP contribution in [0.1, 0.15) is 63.6 Å². The lowest BCUT2D eigenvalue weighted by atomic mass is 9.59. The Morgan fingerprint density at radius 1 is 1.28 bits per heavy atom. The number of hydrogen-bond donors (Lipinski definition) is 2. The summed E-state index contributed by atoms with van der Waals surface area (Å²) in [6.45, 7) is 7.16. The number of aliphatic hydroxyl groups excluding tert-OH is 1. The zero-order chi connectivity index (χ0) is 21.2. The van der Waals surface area contributed by atoms with Crippen molar-refractivity contribution in [3.8, 4) is 6.07 Å². The molecule has 0 saturated heterocycles. The standard InChI is InChI=1S/C23H29FN4O/c1-13-8-22(9-14(2)19(13)29)10-16-6-5-15(12-25)7-17(16)23(22)27-18(20(26)28-23)11-21(3,4)24/h5-7,13-14,19,29H,8-11H2,1-4H3,(H2,26,28)/t13-,14+,19+,22+,23-/m0/s1. The maximum atomic E-state index is 14.4. The number of halogens is 1. The van der Waals surface area contributed by atoms with Crippen LogP contribution in [0.5, 0.6) is 0 Å². The van der Waals surface area contributed by atoms with E-state index in [1.165, 1.54) is 13.8 Å². The molecule has 1 heterocycles. The number of amidine groups is 1. The molecule has 154 valence electrons. The van der Waals surface area contributed by atoms with Gasteiger partial charge in [0.15, 0.2) is 5.66 Å². The summed E-state index contributed by atoms with van der Waals surface area (Å²) >= 11 is 0. The molecule has 5 nitrogen and oxygen atoms in total. The Labute approximate surface area is 171 Å². The summed E-state index contributed by atoms with van der Waals surface area (Å²) in [6, 6.07) is 7.90. The molecule has 2 spiro atoms. The molecule has 0 amide bonds. The topological polar surface area (TPSA) is 94.8 Å². The summed E-state index contributed by atoms with van der Waals surface area (Å²) in [5, 5.41) is 20.0. The second-order valence-corrected chi connectivity index (χ2v) is 9.92. The fraction of sp³-hybridized carbons (Fsp3) is 0.609. The van der Waals surface area contributed by atoms with Crippen LogP contribution in [0.2, 0.25) is 0 Å². The maximum Gasteiger partial charge on any atom is 0.184 e. The van der Waals surface area contributed by atoms with E-state index >= 15 is 0 Å². The minimum absolute atomic E-state index is 0.0914. The molecular weight excluding hydrogens is 367 g/mol. The molecule has 1 fully saturated rings. The lowest BCUT2D eigenvalue weighted by Crippen LogP contribution is -2.49. The van der Waals surface area contributed by atoms with Crippen molar-refractivity contribution in [2.24, 2.45) is 33.0 Å². The summed E-state index contributed by atoms with van der Waals surface area (Å²) in [5.74, 6) is 0.471. The van der Waals surface area contributed by atoms with E-state index in [1.807, 2.05) is 18.2 Å². The van der Waals surface area contributed by atoms with Crippen LogP contribution in [-0.4, -0.2) is 28.4 Å². The van der Waals surface area contributed by atoms with Gasteiger partial charge in [-0.2, -0.15) is 5.26 Å². The van der Waals surface area contributed by atoms with Crippen molar-refractivity contribution in [1.29, 1.82) is 5.26 Å². The zero-order valence-electron chi connectivity index (χ0n) is 17.5. The molecule has 0 aromatic heterocycles. The molecular formula is C23H29FN4O. The maximum absolute atomic E-state index is 14.4. The lowest BCUT2D eigenvalue weighted by molar-refractivity contribution is -0.0529. The number of nitrogens with two attached hydrogens (primary N) is 1. The SMILES string of the molecule is C[C@@H]1C[C@@]2(Cc3ccc(C#N)cc3[C@]23N=C(N)C(CC(C)(C)F)=N3)C[C@H](C)[C@H]1O. The number of nitriles is 1. The molecule has 0 unspecified atom stereocenters. The Kier molecular flexibility index (Phi) is 4.40. The minimum atomic E-state index is -1.45. The Bertz CT molecular complexity index is 943. The highest BCUT2D eigenvalue weighted by Crippen LogP contribution is 2.63. The molecule has 1 aliphatic heterocycles. The van der Waals surface area contributed by atoms with Crippen LogP contribution in [0.4, 0.5) is 4.39 Å². The molecule has 0 bridgehead atoms. The fourth-order valence-electron chi connectivity index (χ4n) is 5.85. The summed E-state index contributed by atoms with van der Waals surface area (Å²) in [6.07, 6.45) is 2.00. The van der Waals surface area contributed by atoms with Crippen molar-refractivity contribution in [2.75, 3.05) is 0 Å². The van der Waals surface area contributed by atoms with E-state index in [0.717, 1.165) is 30.4 Å². The number of alkyl halides is 1. The highest BCUT2D eigenvalue weighted by molar-refractivity contribution is 6.42. The first-order valence-corrected chi connectivity index (χ1v) is 10.4. The molecule has 0 radical (unpaired) electrons. The second-order valence-electron chi connectivity index (χ2n) is 9.92. The normalized spacial score (nSPS) is 36.1. The molecule has 29 heavy (non-hydrogen) atoms. The Balaban J connectivity index is 1.92. The minimum Gasteiger partial charge on any atom is -0.393 e. The third-order valence-electron chi connectivity index (χ3n) is 6.94. The number of rotatable bonds is 2. The summed E-state index contributed by atoms with van der Waals surface area (Å²) < 4.78 is 14.4. The lowest BCUT2D eigenvalue weighted by Gasteiger charge is -2.49. The number of benzene rings is 1. The highest BCUT2D eigenvalue weighted by Gasteiger charge is 2.63. The van der Waals surface area contributed by atoms with Crippen LogP contribution in [-0.2, 0) is 12.1 Å². The van der Waals surface area contributed by atoms with Gasteiger partial charge in [0.2, 0.25) is 0 Å². The smallest absolute Gasteiger partial charge is 0.184 e. The van der Waals surface area contributed by atoms with Gasteiger partial charge in [-0.25, -0.2) is 9.38 Å². The average molecular weight is 397 g/mol. The number of aliphatic hydroxyl groups is 1. The van der Waals surface area contributed by atoms with E-state index in [-0.39, 0.29) is 35.6 Å². The summed E-state index contributed by atoms with van der Waals surface area (Å²) in [4.78, 5) is 9.94. The fourth-order valence-corrected chi connectivity index (χ4v) is 5.85. The number of aliphatic imine (C=N–C) groups is 2. The second kappa shape index (κ2) is 6.37. The molecule has 1 aromatic rings. The number of hydrogen-bond acceptors (Lipinski definition) is 5. The quantitative estimate of drug-likeness (QED) is 0.799. The van der Waals surface area contributed by atoms with Gasteiger partial charge in [0.05, 0.1) is 23.4 Å². The largest absolute Gasteiger partial charge is 0.393 e. The summed E-state index contributed by atoms with van der Waals surface area (Å²) in [5.41, 5.74) is 6.64. The van der Waals surface area contributed by atoms with Gasteiger partial charge in [-0.3, -0.25) is 4.99 Å². The van der Waals surface area contributed by atoms with Gasteiger partial charge in [0.25, 0.3) is 0 Å². The van der Waals surface area contributed by atoms with Crippen molar-refractivity contribution >= 4 is 11.5 Å². The monoisotopic (exact) mass is 396 g/mol. The van der Waals surface area contributed by atoms with Gasteiger partial charge in [0, 0.05) is 17.4 Å². The van der Waals surface area contributed by atoms with Gasteiger partial charge < -0.3 is 10.8 Å². The molecule has 4 rings (SSSR count). The molecule has 5 atom stereocenters. The van der Waals surface area contributed by atoms with E-state index in [1.54, 1.807) is 0 Å². The first-order chi connectivity index (χ1) is 13.5. The van der Waals surface area contributed by atoms with Crippen molar-refractivity contribution in [3.05, 3.63) is 34.9 Å². The first kappa shape index (κ1) is 20.0. The summed E-state index contributed by atoms with van der Waals surface area (Å²) in [7, 11) is 0. The van der Waals surface area contributed by atoms with Gasteiger partial charge >= 0.3 is 0 Å². The van der Waals surface area contributed by atoms with E-state index in [0.29, 0.717) is 11.3 Å².